The molecule has 250 valence electrons. The van der Waals surface area contributed by atoms with Crippen molar-refractivity contribution in [2.75, 3.05) is 0 Å². The van der Waals surface area contributed by atoms with E-state index in [9.17, 15) is 9.59 Å². The zero-order valence-corrected chi connectivity index (χ0v) is 31.8. The van der Waals surface area contributed by atoms with Crippen LogP contribution in [0.1, 0.15) is 20.7 Å². The van der Waals surface area contributed by atoms with Crippen LogP contribution >= 0.6 is 15.8 Å². The second kappa shape index (κ2) is 17.3. The number of carbonyl (C=O) groups is 2. The Morgan fingerprint density at radius 2 is 0.588 bits per heavy atom. The summed E-state index contributed by atoms with van der Waals surface area (Å²) in [4.78, 5) is 28.2. The summed E-state index contributed by atoms with van der Waals surface area (Å²) in [7, 11) is -3.04. The van der Waals surface area contributed by atoms with Crippen LogP contribution in [0.15, 0.2) is 194 Å². The second-order valence-corrected chi connectivity index (χ2v) is 16.5. The van der Waals surface area contributed by atoms with Crippen LogP contribution in [-0.2, 0) is 21.1 Å². The van der Waals surface area contributed by atoms with E-state index in [1.54, 1.807) is 12.1 Å². The van der Waals surface area contributed by atoms with Crippen LogP contribution in [0.5, 0.6) is 0 Å². The molecule has 0 N–H and O–H groups in total. The summed E-state index contributed by atoms with van der Waals surface area (Å²) in [5.41, 5.74) is 1.78. The van der Waals surface area contributed by atoms with E-state index < -0.39 is 15.8 Å². The summed E-state index contributed by atoms with van der Waals surface area (Å²) >= 11 is 0. The molecular weight excluding hydrogens is 846 g/mol. The molecule has 7 rings (SSSR count). The maximum atomic E-state index is 14.1. The Balaban J connectivity index is 0.00000448. The molecule has 51 heavy (non-hydrogen) atoms. The third kappa shape index (κ3) is 8.33. The molecule has 0 aliphatic rings. The summed E-state index contributed by atoms with van der Waals surface area (Å²) in [5.74, 6) is -0.742. The summed E-state index contributed by atoms with van der Waals surface area (Å²) in [6, 6.07) is 63.9. The minimum atomic E-state index is -1.52. The number of hydrogen-bond donors (Lipinski definition) is 0. The number of amides is 2. The first-order valence-electron chi connectivity index (χ1n) is 16.4. The van der Waals surface area contributed by atoms with Crippen molar-refractivity contribution in [2.45, 2.75) is 0 Å². The van der Waals surface area contributed by atoms with E-state index in [4.69, 9.17) is 0 Å². The Morgan fingerprint density at radius 1 is 0.333 bits per heavy atom. The molecule has 7 aromatic rings. The van der Waals surface area contributed by atoms with E-state index >= 15 is 0 Å². The van der Waals surface area contributed by atoms with Gasteiger partial charge in [-0.3, -0.25) is 0 Å². The Bertz CT molecular complexity index is 1980. The summed E-state index contributed by atoms with van der Waals surface area (Å²) in [6.45, 7) is 0. The number of para-hydroxylation sites is 2. The molecule has 0 saturated carbocycles. The zero-order chi connectivity index (χ0) is 34.1. The molecule has 0 spiro atoms. The van der Waals surface area contributed by atoms with Gasteiger partial charge in [-0.15, -0.1) is 11.4 Å². The van der Waals surface area contributed by atoms with E-state index in [-0.39, 0.29) is 32.9 Å². The fraction of sp³-hybridized carbons (Fsp3) is 0. The largest absolute Gasteiger partial charge is 2.00 e. The van der Waals surface area contributed by atoms with Crippen LogP contribution in [0.3, 0.4) is 0 Å². The molecule has 0 fully saturated rings. The van der Waals surface area contributed by atoms with Crippen LogP contribution in [0.4, 0.5) is 11.4 Å². The minimum absolute atomic E-state index is 0. The van der Waals surface area contributed by atoms with Crippen LogP contribution in [0.25, 0.3) is 10.6 Å². The van der Waals surface area contributed by atoms with Gasteiger partial charge in [-0.1, -0.05) is 121 Å². The fourth-order valence-electron chi connectivity index (χ4n) is 6.14. The smallest absolute Gasteiger partial charge is 0.624 e. The Morgan fingerprint density at radius 3 is 0.902 bits per heavy atom. The third-order valence-corrected chi connectivity index (χ3v) is 14.0. The molecule has 0 bridgehead atoms. The van der Waals surface area contributed by atoms with E-state index in [0.717, 1.165) is 10.6 Å². The molecule has 0 aliphatic heterocycles. The standard InChI is InChI=1S/C44H34N2O2P2.Pt/c47-43(37-27-13-17-31-41(37)49(33-19-5-1-6-20-33)34-21-7-2-8-22-34)45-39-29-15-16-30-40(39)46-44(48)38-28-14-18-32-42(38)50(35-23-9-3-10-24-35)36-25-11-4-12-26-36;/h1-32H,(H2,45,46,47,48);/q;+2. The number of carbonyl (C=O) groups excluding carboxylic acids is 2. The van der Waals surface area contributed by atoms with Crippen molar-refractivity contribution in [3.8, 4) is 0 Å². The van der Waals surface area contributed by atoms with Crippen molar-refractivity contribution in [3.05, 3.63) is 216 Å². The van der Waals surface area contributed by atoms with Gasteiger partial charge in [0.15, 0.2) is 0 Å². The van der Waals surface area contributed by atoms with Gasteiger partial charge in [-0.2, -0.15) is 0 Å². The van der Waals surface area contributed by atoms with Crippen molar-refractivity contribution >= 4 is 70.9 Å². The first-order valence-corrected chi connectivity index (χ1v) is 19.4. The second-order valence-electron chi connectivity index (χ2n) is 11.6. The molecular formula is C44H34N2O2P2Pt+2. The normalized spacial score (nSPS) is 10.7. The molecule has 0 aromatic heterocycles. The summed E-state index contributed by atoms with van der Waals surface area (Å²) in [6.07, 6.45) is 0. The molecule has 0 atom stereocenters. The predicted octanol–water partition coefficient (Wildman–Crippen LogP) is 8.36. The SMILES string of the molecule is O=C([N-]c1ccccc1[N-]C(=O)c1ccccc1[PH+](c1ccccc1)c1ccccc1)c1ccccc1[PH+](c1ccccc1)c1ccccc1.[Pt+2]. The van der Waals surface area contributed by atoms with Gasteiger partial charge in [0.2, 0.25) is 0 Å². The maximum Gasteiger partial charge on any atom is 2.00 e. The topological polar surface area (TPSA) is 62.3 Å². The van der Waals surface area contributed by atoms with Gasteiger partial charge < -0.3 is 20.2 Å². The molecule has 0 radical (unpaired) electrons. The van der Waals surface area contributed by atoms with Crippen molar-refractivity contribution in [1.29, 1.82) is 0 Å². The van der Waals surface area contributed by atoms with Gasteiger partial charge >= 0.3 is 21.1 Å². The van der Waals surface area contributed by atoms with Gasteiger partial charge in [0.1, 0.15) is 31.8 Å². The monoisotopic (exact) mass is 879 g/mol. The van der Waals surface area contributed by atoms with Crippen molar-refractivity contribution in [1.82, 2.24) is 0 Å². The van der Waals surface area contributed by atoms with Gasteiger partial charge in [0.25, 0.3) is 0 Å². The molecule has 4 nitrogen and oxygen atoms in total. The molecule has 7 aromatic carbocycles. The molecule has 0 heterocycles. The average molecular weight is 880 g/mol. The average Bonchev–Trinajstić information content (AvgIpc) is 3.18. The maximum absolute atomic E-state index is 14.1. The minimum Gasteiger partial charge on any atom is -0.624 e. The van der Waals surface area contributed by atoms with Crippen molar-refractivity contribution < 1.29 is 30.7 Å². The van der Waals surface area contributed by atoms with E-state index in [0.29, 0.717) is 22.5 Å². The zero-order valence-electron chi connectivity index (χ0n) is 27.5. The predicted molar refractivity (Wildman–Crippen MR) is 214 cm³/mol. The number of nitrogens with zero attached hydrogens (tertiary/aromatic N) is 2. The van der Waals surface area contributed by atoms with Crippen LogP contribution < -0.4 is 31.8 Å². The summed E-state index contributed by atoms with van der Waals surface area (Å²) < 4.78 is 0. The van der Waals surface area contributed by atoms with E-state index in [1.807, 2.05) is 133 Å². The van der Waals surface area contributed by atoms with Crippen molar-refractivity contribution in [3.63, 3.8) is 0 Å². The van der Waals surface area contributed by atoms with Crippen LogP contribution in [0, 0.1) is 0 Å². The van der Waals surface area contributed by atoms with Gasteiger partial charge in [-0.05, 0) is 72.8 Å². The van der Waals surface area contributed by atoms with Gasteiger partial charge in [0.05, 0.1) is 27.7 Å². The fourth-order valence-corrected chi connectivity index (χ4v) is 11.6. The molecule has 0 unspecified atom stereocenters. The third-order valence-electron chi connectivity index (χ3n) is 8.43. The van der Waals surface area contributed by atoms with Crippen LogP contribution in [-0.4, -0.2) is 11.8 Å². The Kier molecular flexibility index (Phi) is 12.2. The molecule has 2 amide bonds. The summed E-state index contributed by atoms with van der Waals surface area (Å²) in [5, 5.41) is 15.8. The molecule has 0 aliphatic carbocycles. The van der Waals surface area contributed by atoms with Crippen molar-refractivity contribution in [2.24, 2.45) is 0 Å². The number of rotatable bonds is 10. The van der Waals surface area contributed by atoms with Gasteiger partial charge in [-0.25, -0.2) is 0 Å². The first-order chi connectivity index (χ1) is 24.7. The number of benzene rings is 7. The van der Waals surface area contributed by atoms with E-state index in [1.165, 1.54) is 21.2 Å². The first kappa shape index (κ1) is 35.8. The van der Waals surface area contributed by atoms with E-state index in [2.05, 4.69) is 59.2 Å². The molecule has 0 saturated heterocycles. The number of hydrogen-bond acceptors (Lipinski definition) is 2. The van der Waals surface area contributed by atoms with Crippen LogP contribution in [0.2, 0.25) is 0 Å². The van der Waals surface area contributed by atoms with Gasteiger partial charge in [0, 0.05) is 11.1 Å². The Labute approximate surface area is 315 Å². The molecule has 7 heteroatoms. The quantitative estimate of drug-likeness (QED) is 0.130. The Hall–Kier alpha value is -4.97.